The van der Waals surface area contributed by atoms with Crippen LogP contribution in [0.25, 0.3) is 10.8 Å². The van der Waals surface area contributed by atoms with E-state index in [9.17, 15) is 18.8 Å². The summed E-state index contributed by atoms with van der Waals surface area (Å²) in [6.07, 6.45) is 0.0631. The fourth-order valence-electron chi connectivity index (χ4n) is 7.19. The van der Waals surface area contributed by atoms with Crippen LogP contribution in [0.2, 0.25) is 0 Å². The van der Waals surface area contributed by atoms with Crippen LogP contribution >= 0.6 is 0 Å². The molecule has 2 fully saturated rings. The molecular formula is C37H39F2N7O3. The van der Waals surface area contributed by atoms with Crippen LogP contribution in [0, 0.1) is 11.3 Å². The van der Waals surface area contributed by atoms with Crippen LogP contribution in [0.15, 0.2) is 72.8 Å². The number of likely N-dealkylation sites (N-methyl/N-ethyl adjacent to an activating group) is 1. The first kappa shape index (κ1) is 32.5. The molecule has 254 valence electrons. The number of nitrogens with zero attached hydrogens (tertiary/aromatic N) is 7. The maximum absolute atomic E-state index is 14.1. The van der Waals surface area contributed by atoms with Gasteiger partial charge in [-0.05, 0) is 30.5 Å². The van der Waals surface area contributed by atoms with Gasteiger partial charge in [0.1, 0.15) is 19.0 Å². The minimum Gasteiger partial charge on any atom is -0.462 e. The van der Waals surface area contributed by atoms with Crippen molar-refractivity contribution < 1.29 is 23.0 Å². The minimum absolute atomic E-state index is 0.0371. The lowest BCUT2D eigenvalue weighted by molar-refractivity contribution is 0.0136. The monoisotopic (exact) mass is 667 g/mol. The van der Waals surface area contributed by atoms with Gasteiger partial charge in [-0.1, -0.05) is 66.7 Å². The zero-order chi connectivity index (χ0) is 34.0. The number of alkyl halides is 2. The summed E-state index contributed by atoms with van der Waals surface area (Å²) in [5.41, 5.74) is 3.80. The number of carbonyl (C=O) groups excluding carboxylic acids is 1. The van der Waals surface area contributed by atoms with E-state index in [1.54, 1.807) is 16.8 Å². The van der Waals surface area contributed by atoms with E-state index in [2.05, 4.69) is 46.2 Å². The number of aromatic nitrogens is 2. The van der Waals surface area contributed by atoms with E-state index >= 15 is 0 Å². The van der Waals surface area contributed by atoms with E-state index in [1.807, 2.05) is 42.5 Å². The molecule has 1 aromatic heterocycles. The van der Waals surface area contributed by atoms with Gasteiger partial charge in [0, 0.05) is 55.3 Å². The van der Waals surface area contributed by atoms with Crippen LogP contribution < -0.4 is 14.5 Å². The number of anilines is 2. The summed E-state index contributed by atoms with van der Waals surface area (Å²) in [5, 5.41) is 12.0. The van der Waals surface area contributed by atoms with Gasteiger partial charge in [-0.25, -0.2) is 13.6 Å². The molecule has 0 aliphatic carbocycles. The number of ether oxygens (including phenoxy) is 2. The molecule has 10 nitrogen and oxygen atoms in total. The quantitative estimate of drug-likeness (QED) is 0.236. The molecule has 3 aliphatic rings. The molecule has 1 amide bonds. The van der Waals surface area contributed by atoms with E-state index < -0.39 is 24.1 Å². The standard InChI is InChI=1S/C37H39F2N7O3/c1-43-25-37(38,39)20-29(43)24-48-35-41-32-22-44(33-13-7-11-27-10-5-6-12-30(27)33)17-15-31(32)34(42-35)45-18-19-46(28(21-45)14-16-40)36(47)49-23-26-8-3-2-4-9-26/h2-13,28-29H,14-15,17-25H2,1H3/t28-,29-/m0/s1. The maximum Gasteiger partial charge on any atom is 0.410 e. The zero-order valence-corrected chi connectivity index (χ0v) is 27.5. The molecule has 4 heterocycles. The molecular weight excluding hydrogens is 628 g/mol. The van der Waals surface area contributed by atoms with Gasteiger partial charge in [-0.2, -0.15) is 15.2 Å². The first-order valence-corrected chi connectivity index (χ1v) is 16.7. The Morgan fingerprint density at radius 1 is 0.980 bits per heavy atom. The Bertz CT molecular complexity index is 1850. The summed E-state index contributed by atoms with van der Waals surface area (Å²) in [6, 6.07) is 25.5. The maximum atomic E-state index is 14.1. The topological polar surface area (TPSA) is 98.1 Å². The lowest BCUT2D eigenvalue weighted by atomic mass is 10.0. The Hall–Kier alpha value is -5.02. The van der Waals surface area contributed by atoms with Crippen LogP contribution in [-0.2, 0) is 24.3 Å². The highest BCUT2D eigenvalue weighted by Gasteiger charge is 2.43. The van der Waals surface area contributed by atoms with Crippen LogP contribution in [0.4, 0.5) is 25.1 Å². The fourth-order valence-corrected chi connectivity index (χ4v) is 7.19. The third kappa shape index (κ3) is 7.08. The molecule has 2 atom stereocenters. The second-order valence-electron chi connectivity index (χ2n) is 13.1. The molecule has 0 saturated carbocycles. The van der Waals surface area contributed by atoms with Gasteiger partial charge < -0.3 is 24.2 Å². The Morgan fingerprint density at radius 3 is 2.57 bits per heavy atom. The molecule has 7 rings (SSSR count). The number of hydrogen-bond acceptors (Lipinski definition) is 9. The zero-order valence-electron chi connectivity index (χ0n) is 27.5. The molecule has 0 spiro atoms. The van der Waals surface area contributed by atoms with Crippen molar-refractivity contribution in [3.63, 3.8) is 0 Å². The summed E-state index contributed by atoms with van der Waals surface area (Å²) in [7, 11) is 1.68. The summed E-state index contributed by atoms with van der Waals surface area (Å²) in [4.78, 5) is 30.6. The number of piperazine rings is 1. The van der Waals surface area contributed by atoms with E-state index in [-0.39, 0.29) is 38.6 Å². The van der Waals surface area contributed by atoms with Gasteiger partial charge in [-0.15, -0.1) is 0 Å². The van der Waals surface area contributed by atoms with Crippen LogP contribution in [-0.4, -0.2) is 90.2 Å². The SMILES string of the molecule is CN1CC(F)(F)C[C@H]1COc1nc2c(c(N3CCN(C(=O)OCc4ccccc4)[C@@H](CC#N)C3)n1)CCN(c1cccc3ccccc13)C2. The predicted octanol–water partition coefficient (Wildman–Crippen LogP) is 5.65. The highest BCUT2D eigenvalue weighted by Crippen LogP contribution is 2.36. The van der Waals surface area contributed by atoms with E-state index in [0.29, 0.717) is 38.4 Å². The predicted molar refractivity (Wildman–Crippen MR) is 182 cm³/mol. The van der Waals surface area contributed by atoms with Crippen LogP contribution in [0.3, 0.4) is 0 Å². The number of benzene rings is 3. The Balaban J connectivity index is 1.15. The van der Waals surface area contributed by atoms with Gasteiger partial charge in [0.15, 0.2) is 0 Å². The number of halogens is 2. The Morgan fingerprint density at radius 2 is 1.78 bits per heavy atom. The van der Waals surface area contributed by atoms with Crippen molar-refractivity contribution in [1.29, 1.82) is 5.26 Å². The molecule has 4 aromatic rings. The Kier molecular flexibility index (Phi) is 9.19. The second-order valence-corrected chi connectivity index (χ2v) is 13.1. The summed E-state index contributed by atoms with van der Waals surface area (Å²) < 4.78 is 40.0. The molecule has 0 radical (unpaired) electrons. The summed E-state index contributed by atoms with van der Waals surface area (Å²) in [5.74, 6) is -2.07. The normalized spacial score (nSPS) is 20.6. The fraction of sp³-hybridized carbons (Fsp3) is 0.405. The number of hydrogen-bond donors (Lipinski definition) is 0. The molecule has 12 heteroatoms. The number of fused-ring (bicyclic) bond motifs is 2. The van der Waals surface area contributed by atoms with Gasteiger partial charge in [0.05, 0.1) is 37.3 Å². The van der Waals surface area contributed by atoms with Crippen molar-refractivity contribution in [1.82, 2.24) is 19.8 Å². The van der Waals surface area contributed by atoms with Crippen molar-refractivity contribution in [2.24, 2.45) is 0 Å². The van der Waals surface area contributed by atoms with Crippen molar-refractivity contribution in [2.45, 2.75) is 50.4 Å². The molecule has 49 heavy (non-hydrogen) atoms. The molecule has 0 bridgehead atoms. The van der Waals surface area contributed by atoms with Crippen LogP contribution in [0.5, 0.6) is 6.01 Å². The number of rotatable bonds is 8. The van der Waals surface area contributed by atoms with E-state index in [4.69, 9.17) is 19.4 Å². The van der Waals surface area contributed by atoms with Crippen molar-refractivity contribution >= 4 is 28.4 Å². The van der Waals surface area contributed by atoms with Gasteiger partial charge in [0.2, 0.25) is 0 Å². The van der Waals surface area contributed by atoms with Gasteiger partial charge in [0.25, 0.3) is 5.92 Å². The van der Waals surface area contributed by atoms with E-state index in [0.717, 1.165) is 39.8 Å². The first-order chi connectivity index (χ1) is 23.8. The average molecular weight is 668 g/mol. The minimum atomic E-state index is -2.76. The highest BCUT2D eigenvalue weighted by atomic mass is 19.3. The lowest BCUT2D eigenvalue weighted by Gasteiger charge is -2.42. The van der Waals surface area contributed by atoms with Crippen molar-refractivity contribution in [3.05, 3.63) is 89.6 Å². The summed E-state index contributed by atoms with van der Waals surface area (Å²) >= 11 is 0. The number of nitriles is 1. The molecule has 3 aromatic carbocycles. The third-order valence-corrected chi connectivity index (χ3v) is 9.72. The van der Waals surface area contributed by atoms with Crippen molar-refractivity contribution in [2.75, 3.05) is 56.2 Å². The molecule has 0 N–H and O–H groups in total. The number of amides is 1. The third-order valence-electron chi connectivity index (χ3n) is 9.72. The van der Waals surface area contributed by atoms with Gasteiger partial charge in [-0.3, -0.25) is 4.90 Å². The summed E-state index contributed by atoms with van der Waals surface area (Å²) in [6.45, 7) is 2.33. The number of likely N-dealkylation sites (tertiary alicyclic amines) is 1. The van der Waals surface area contributed by atoms with Crippen molar-refractivity contribution in [3.8, 4) is 12.1 Å². The Labute approximate surface area is 284 Å². The highest BCUT2D eigenvalue weighted by molar-refractivity contribution is 5.94. The van der Waals surface area contributed by atoms with Gasteiger partial charge >= 0.3 is 12.1 Å². The molecule has 0 unspecified atom stereocenters. The molecule has 2 saturated heterocycles. The first-order valence-electron chi connectivity index (χ1n) is 16.7. The van der Waals surface area contributed by atoms with E-state index in [1.165, 1.54) is 0 Å². The second kappa shape index (κ2) is 13.8. The lowest BCUT2D eigenvalue weighted by Crippen LogP contribution is -2.55. The average Bonchev–Trinajstić information content (AvgIpc) is 3.39. The molecule has 3 aliphatic heterocycles. The largest absolute Gasteiger partial charge is 0.462 e. The smallest absolute Gasteiger partial charge is 0.410 e. The number of carbonyl (C=O) groups is 1. The van der Waals surface area contributed by atoms with Crippen LogP contribution in [0.1, 0.15) is 29.7 Å².